The molecule has 1 aromatic heterocycles. The molecule has 2 aromatic carbocycles. The highest BCUT2D eigenvalue weighted by molar-refractivity contribution is 8.04. The first-order valence-corrected chi connectivity index (χ1v) is 17.9. The van der Waals surface area contributed by atoms with Gasteiger partial charge in [0.1, 0.15) is 5.75 Å². The van der Waals surface area contributed by atoms with Crippen molar-refractivity contribution in [3.05, 3.63) is 87.3 Å². The highest BCUT2D eigenvalue weighted by atomic mass is 32.2. The number of allylic oxidation sites excluding steroid dienone is 2. The fourth-order valence-electron chi connectivity index (χ4n) is 5.45. The van der Waals surface area contributed by atoms with Gasteiger partial charge in [-0.2, -0.15) is 21.4 Å². The van der Waals surface area contributed by atoms with Crippen molar-refractivity contribution in [3.8, 4) is 0 Å². The maximum Gasteiger partial charge on any atom is 0.374 e. The Morgan fingerprint density at radius 3 is 2.50 bits per heavy atom. The molecule has 2 unspecified atom stereocenters. The summed E-state index contributed by atoms with van der Waals surface area (Å²) in [7, 11) is -8.28. The van der Waals surface area contributed by atoms with Gasteiger partial charge in [0.25, 0.3) is 25.8 Å². The van der Waals surface area contributed by atoms with Crippen molar-refractivity contribution in [3.63, 3.8) is 0 Å². The van der Waals surface area contributed by atoms with E-state index in [-0.39, 0.29) is 30.0 Å². The van der Waals surface area contributed by atoms with Crippen LogP contribution in [0.1, 0.15) is 54.0 Å². The van der Waals surface area contributed by atoms with Gasteiger partial charge in [-0.3, -0.25) is 9.11 Å². The first-order valence-electron chi connectivity index (χ1n) is 13.8. The Kier molecular flexibility index (Phi) is 8.73. The minimum atomic E-state index is -4.19. The van der Waals surface area contributed by atoms with E-state index in [2.05, 4.69) is 35.3 Å². The molecule has 1 aliphatic heterocycles. The Bertz CT molecular complexity index is 1820. The van der Waals surface area contributed by atoms with E-state index in [1.54, 1.807) is 16.3 Å². The molecule has 0 amide bonds. The Labute approximate surface area is 251 Å². The highest BCUT2D eigenvalue weighted by Gasteiger charge is 2.40. The van der Waals surface area contributed by atoms with Crippen LogP contribution < -0.4 is 4.57 Å². The summed E-state index contributed by atoms with van der Waals surface area (Å²) >= 11 is 1.70. The maximum absolute atomic E-state index is 11.6. The summed E-state index contributed by atoms with van der Waals surface area (Å²) in [5.41, 5.74) is 6.67. The Hall–Kier alpha value is -2.90. The van der Waals surface area contributed by atoms with Gasteiger partial charge in [-0.05, 0) is 66.7 Å². The van der Waals surface area contributed by atoms with Gasteiger partial charge in [0.2, 0.25) is 5.58 Å². The molecule has 5 rings (SSSR count). The first kappa shape index (κ1) is 30.6. The second kappa shape index (κ2) is 12.0. The van der Waals surface area contributed by atoms with Crippen molar-refractivity contribution in [1.29, 1.82) is 0 Å². The molecule has 224 valence electrons. The molecule has 42 heavy (non-hydrogen) atoms. The van der Waals surface area contributed by atoms with Gasteiger partial charge in [0, 0.05) is 12.6 Å². The predicted molar refractivity (Wildman–Crippen MR) is 166 cm³/mol. The van der Waals surface area contributed by atoms with Crippen molar-refractivity contribution in [2.24, 2.45) is 0 Å². The molecule has 0 saturated carbocycles. The average Bonchev–Trinajstić information content (AvgIpc) is 3.43. The van der Waals surface area contributed by atoms with E-state index >= 15 is 0 Å². The van der Waals surface area contributed by atoms with Gasteiger partial charge in [0.15, 0.2) is 6.54 Å². The minimum Gasteiger partial charge on any atom is -0.398 e. The maximum atomic E-state index is 11.6. The summed E-state index contributed by atoms with van der Waals surface area (Å²) in [6, 6.07) is 12.1. The molecule has 12 heteroatoms. The van der Waals surface area contributed by atoms with E-state index in [4.69, 9.17) is 4.42 Å². The van der Waals surface area contributed by atoms with Crippen LogP contribution in [0.4, 0.5) is 0 Å². The van der Waals surface area contributed by atoms with Crippen LogP contribution in [0, 0.1) is 13.8 Å². The number of hydrogen-bond donors (Lipinski definition) is 2. The molecule has 0 radical (unpaired) electrons. The molecular formula is C30H35N2O7S3+. The number of hydrogen-bond acceptors (Lipinski definition) is 7. The van der Waals surface area contributed by atoms with Gasteiger partial charge >= 0.3 is 5.89 Å². The summed E-state index contributed by atoms with van der Waals surface area (Å²) < 4.78 is 73.0. The standard InChI is InChI=1S/C30H34N2O7S3/c1-4-22(18-28-31(13-15-42(36,37)38)25-16-20(2)21(3)17-26(25)39-28)19-29-32(12-7-14-41(33,34)35)30-24-9-6-5-8-23(24)10-11-27(30)40-29/h5-6,8-11,16-19,27,30H,4,7,12-15H2,1-3H3,(H-,33,34,35,36,37,38)/p+1. The zero-order valence-electron chi connectivity index (χ0n) is 23.7. The Morgan fingerprint density at radius 2 is 1.79 bits per heavy atom. The summed E-state index contributed by atoms with van der Waals surface area (Å²) in [4.78, 5) is 2.21. The van der Waals surface area contributed by atoms with E-state index in [0.29, 0.717) is 24.4 Å². The lowest BCUT2D eigenvalue weighted by molar-refractivity contribution is -0.673. The van der Waals surface area contributed by atoms with Crippen molar-refractivity contribution in [2.75, 3.05) is 18.1 Å². The molecule has 2 aliphatic rings. The molecular weight excluding hydrogens is 597 g/mol. The van der Waals surface area contributed by atoms with Crippen LogP contribution in [0.25, 0.3) is 23.3 Å². The second-order valence-electron chi connectivity index (χ2n) is 10.7. The number of aryl methyl sites for hydroxylation is 3. The number of thioether (sulfide) groups is 1. The second-order valence-corrected chi connectivity index (χ2v) is 15.0. The molecule has 2 N–H and O–H groups in total. The van der Waals surface area contributed by atoms with Crippen LogP contribution >= 0.6 is 11.8 Å². The van der Waals surface area contributed by atoms with Crippen molar-refractivity contribution < 1.29 is 34.9 Å². The summed E-state index contributed by atoms with van der Waals surface area (Å²) in [6.07, 6.45) is 9.19. The van der Waals surface area contributed by atoms with Crippen LogP contribution in [0.5, 0.6) is 0 Å². The third-order valence-corrected chi connectivity index (χ3v) is 10.5. The van der Waals surface area contributed by atoms with Crippen LogP contribution in [-0.4, -0.2) is 54.1 Å². The number of fused-ring (bicyclic) bond motifs is 4. The van der Waals surface area contributed by atoms with E-state index in [0.717, 1.165) is 32.8 Å². The van der Waals surface area contributed by atoms with Gasteiger partial charge in [-0.1, -0.05) is 55.1 Å². The number of oxazole rings is 1. The van der Waals surface area contributed by atoms with Crippen LogP contribution in [-0.2, 0) is 26.8 Å². The largest absolute Gasteiger partial charge is 0.398 e. The average molecular weight is 632 g/mol. The summed E-state index contributed by atoms with van der Waals surface area (Å²) in [5.74, 6) is -0.302. The fraction of sp³-hybridized carbons (Fsp3) is 0.367. The van der Waals surface area contributed by atoms with Crippen molar-refractivity contribution >= 4 is 55.2 Å². The minimum absolute atomic E-state index is 0.0128. The molecule has 0 spiro atoms. The molecule has 2 atom stereocenters. The van der Waals surface area contributed by atoms with E-state index in [1.807, 2.05) is 51.1 Å². The normalized spacial score (nSPS) is 20.0. The van der Waals surface area contributed by atoms with E-state index in [9.17, 15) is 25.9 Å². The third-order valence-electron chi connectivity index (χ3n) is 7.71. The molecule has 2 heterocycles. The van der Waals surface area contributed by atoms with Crippen molar-refractivity contribution in [1.82, 2.24) is 4.90 Å². The number of aromatic nitrogens is 1. The third kappa shape index (κ3) is 6.84. The van der Waals surface area contributed by atoms with Crippen LogP contribution in [0.3, 0.4) is 0 Å². The lowest BCUT2D eigenvalue weighted by Crippen LogP contribution is -2.38. The topological polar surface area (TPSA) is 129 Å². The first-order chi connectivity index (χ1) is 19.8. The molecule has 0 bridgehead atoms. The van der Waals surface area contributed by atoms with Gasteiger partial charge in [0.05, 0.1) is 28.1 Å². The molecule has 1 saturated heterocycles. The Balaban J connectivity index is 1.56. The summed E-state index contributed by atoms with van der Waals surface area (Å²) in [5, 5.41) is 1.11. The monoisotopic (exact) mass is 631 g/mol. The molecule has 9 nitrogen and oxygen atoms in total. The van der Waals surface area contributed by atoms with Gasteiger partial charge in [-0.15, -0.1) is 0 Å². The fourth-order valence-corrected chi connectivity index (χ4v) is 7.78. The smallest absolute Gasteiger partial charge is 0.374 e. The zero-order chi connectivity index (χ0) is 30.2. The zero-order valence-corrected chi connectivity index (χ0v) is 26.2. The highest BCUT2D eigenvalue weighted by Crippen LogP contribution is 2.51. The predicted octanol–water partition coefficient (Wildman–Crippen LogP) is 5.32. The molecule has 1 aliphatic carbocycles. The van der Waals surface area contributed by atoms with E-state index in [1.165, 1.54) is 5.56 Å². The lowest BCUT2D eigenvalue weighted by atomic mass is 9.91. The van der Waals surface area contributed by atoms with Crippen molar-refractivity contribution in [2.45, 2.75) is 51.4 Å². The van der Waals surface area contributed by atoms with Crippen LogP contribution in [0.2, 0.25) is 0 Å². The molecule has 1 fully saturated rings. The number of rotatable bonds is 10. The summed E-state index contributed by atoms with van der Waals surface area (Å²) in [6.45, 7) is 6.45. The number of nitrogens with zero attached hydrogens (tertiary/aromatic N) is 2. The quantitative estimate of drug-likeness (QED) is 0.226. The number of benzene rings is 2. The molecule has 3 aromatic rings. The lowest BCUT2D eigenvalue weighted by Gasteiger charge is -2.32. The van der Waals surface area contributed by atoms with Gasteiger partial charge in [-0.25, -0.2) is 0 Å². The van der Waals surface area contributed by atoms with Crippen LogP contribution in [0.15, 0.2) is 63.6 Å². The van der Waals surface area contributed by atoms with E-state index < -0.39 is 26.0 Å². The Morgan fingerprint density at radius 1 is 1.07 bits per heavy atom. The SMILES string of the molecule is CC/C(C=C1SC2C=Cc3ccccc3C2N1CCCS(=O)(=O)O)=C\c1oc2cc(C)c(C)cc2[n+]1CCS(=O)(=O)O. The van der Waals surface area contributed by atoms with Gasteiger partial charge < -0.3 is 9.32 Å².